The monoisotopic (exact) mass is 428 g/mol. The van der Waals surface area contributed by atoms with Crippen molar-refractivity contribution >= 4 is 22.5 Å². The van der Waals surface area contributed by atoms with E-state index >= 15 is 0 Å². The first-order valence-electron chi connectivity index (χ1n) is 10.7. The average Bonchev–Trinajstić information content (AvgIpc) is 3.25. The summed E-state index contributed by atoms with van der Waals surface area (Å²) < 4.78 is 6.03. The molecule has 3 aromatic heterocycles. The molecule has 0 saturated carbocycles. The Labute approximate surface area is 185 Å². The van der Waals surface area contributed by atoms with Crippen molar-refractivity contribution in [2.75, 3.05) is 25.5 Å². The number of anilines is 1. The maximum atomic E-state index is 13.0. The van der Waals surface area contributed by atoms with E-state index in [4.69, 9.17) is 4.74 Å². The van der Waals surface area contributed by atoms with E-state index in [1.54, 1.807) is 30.7 Å². The van der Waals surface area contributed by atoms with Gasteiger partial charge in [0.25, 0.3) is 5.91 Å². The van der Waals surface area contributed by atoms with E-state index < -0.39 is 0 Å². The first-order valence-corrected chi connectivity index (χ1v) is 10.7. The van der Waals surface area contributed by atoms with Gasteiger partial charge in [-0.15, -0.1) is 0 Å². The number of benzene rings is 1. The zero-order chi connectivity index (χ0) is 21.9. The number of amides is 1. The van der Waals surface area contributed by atoms with Crippen molar-refractivity contribution in [3.8, 4) is 17.0 Å². The molecule has 0 aliphatic carbocycles. The third-order valence-electron chi connectivity index (χ3n) is 5.72. The van der Waals surface area contributed by atoms with Gasteiger partial charge in [0.05, 0.1) is 5.52 Å². The number of pyridine rings is 2. The molecule has 4 heterocycles. The van der Waals surface area contributed by atoms with Crippen LogP contribution in [0.15, 0.2) is 61.1 Å². The largest absolute Gasteiger partial charge is 0.474 e. The van der Waals surface area contributed by atoms with Crippen molar-refractivity contribution in [3.63, 3.8) is 0 Å². The van der Waals surface area contributed by atoms with Gasteiger partial charge < -0.3 is 15.0 Å². The van der Waals surface area contributed by atoms with Gasteiger partial charge in [-0.25, -0.2) is 4.98 Å². The van der Waals surface area contributed by atoms with Crippen molar-refractivity contribution in [1.29, 1.82) is 0 Å². The molecule has 0 radical (unpaired) electrons. The van der Waals surface area contributed by atoms with Crippen LogP contribution in [-0.2, 0) is 0 Å². The molecule has 4 aromatic rings. The molecule has 0 atom stereocenters. The lowest BCUT2D eigenvalue weighted by Crippen LogP contribution is -2.35. The highest BCUT2D eigenvalue weighted by Gasteiger charge is 2.19. The van der Waals surface area contributed by atoms with Gasteiger partial charge in [0.15, 0.2) is 5.69 Å². The molecule has 1 amide bonds. The first-order chi connectivity index (χ1) is 15.7. The van der Waals surface area contributed by atoms with Gasteiger partial charge in [0.2, 0.25) is 5.88 Å². The summed E-state index contributed by atoms with van der Waals surface area (Å²) in [6.07, 6.45) is 7.25. The van der Waals surface area contributed by atoms with Gasteiger partial charge in [-0.3, -0.25) is 14.9 Å². The Morgan fingerprint density at radius 3 is 2.81 bits per heavy atom. The third kappa shape index (κ3) is 4.31. The van der Waals surface area contributed by atoms with Crippen LogP contribution in [-0.4, -0.2) is 57.2 Å². The minimum Gasteiger partial charge on any atom is -0.474 e. The number of carbonyl (C=O) groups excluding carboxylic acids is 1. The first kappa shape index (κ1) is 20.1. The number of aromatic nitrogens is 4. The lowest BCUT2D eigenvalue weighted by molar-refractivity contribution is 0.102. The summed E-state index contributed by atoms with van der Waals surface area (Å²) >= 11 is 0. The second-order valence-corrected chi connectivity index (χ2v) is 8.03. The fourth-order valence-electron chi connectivity index (χ4n) is 3.92. The fourth-order valence-corrected chi connectivity index (χ4v) is 3.92. The van der Waals surface area contributed by atoms with Crippen molar-refractivity contribution in [3.05, 3.63) is 66.7 Å². The van der Waals surface area contributed by atoms with Gasteiger partial charge in [-0.1, -0.05) is 12.1 Å². The Balaban J connectivity index is 1.34. The molecule has 0 unspecified atom stereocenters. The molecule has 1 saturated heterocycles. The Bertz CT molecular complexity index is 1230. The van der Waals surface area contributed by atoms with Gasteiger partial charge in [0.1, 0.15) is 6.10 Å². The minimum absolute atomic E-state index is 0.144. The number of likely N-dealkylation sites (tertiary alicyclic amines) is 1. The zero-order valence-electron chi connectivity index (χ0n) is 17.8. The average molecular weight is 428 g/mol. The number of nitrogens with zero attached hydrogens (tertiary/aromatic N) is 4. The number of H-pyrrole nitrogens is 1. The summed E-state index contributed by atoms with van der Waals surface area (Å²) in [7, 11) is 2.11. The van der Waals surface area contributed by atoms with Crippen molar-refractivity contribution in [2.45, 2.75) is 18.9 Å². The molecule has 1 aromatic carbocycles. The molecule has 2 N–H and O–H groups in total. The van der Waals surface area contributed by atoms with Gasteiger partial charge >= 0.3 is 0 Å². The van der Waals surface area contributed by atoms with Crippen LogP contribution >= 0.6 is 0 Å². The summed E-state index contributed by atoms with van der Waals surface area (Å²) in [6.45, 7) is 2.02. The second-order valence-electron chi connectivity index (χ2n) is 8.03. The molecule has 32 heavy (non-hydrogen) atoms. The lowest BCUT2D eigenvalue weighted by atomic mass is 10.0. The number of ether oxygens (including phenoxy) is 1. The summed E-state index contributed by atoms with van der Waals surface area (Å²) in [5, 5.41) is 10.8. The molecule has 8 heteroatoms. The minimum atomic E-state index is -0.295. The van der Waals surface area contributed by atoms with Crippen LogP contribution in [0.25, 0.3) is 22.0 Å². The normalized spacial score (nSPS) is 15.0. The summed E-state index contributed by atoms with van der Waals surface area (Å²) in [6, 6.07) is 13.2. The molecule has 0 spiro atoms. The predicted molar refractivity (Wildman–Crippen MR) is 123 cm³/mol. The number of fused-ring (bicyclic) bond motifs is 1. The molecular formula is C24H24N6O2. The highest BCUT2D eigenvalue weighted by molar-refractivity contribution is 6.11. The lowest BCUT2D eigenvalue weighted by Gasteiger charge is -2.28. The number of carbonyl (C=O) groups is 1. The van der Waals surface area contributed by atoms with Gasteiger partial charge in [0, 0.05) is 54.4 Å². The Hall–Kier alpha value is -3.78. The van der Waals surface area contributed by atoms with Crippen LogP contribution < -0.4 is 10.1 Å². The maximum absolute atomic E-state index is 13.0. The van der Waals surface area contributed by atoms with E-state index in [9.17, 15) is 4.79 Å². The number of hydrogen-bond acceptors (Lipinski definition) is 6. The highest BCUT2D eigenvalue weighted by atomic mass is 16.5. The number of hydrogen-bond donors (Lipinski definition) is 2. The zero-order valence-corrected chi connectivity index (χ0v) is 17.8. The molecular weight excluding hydrogens is 404 g/mol. The number of rotatable bonds is 5. The van der Waals surface area contributed by atoms with Gasteiger partial charge in [-0.2, -0.15) is 5.10 Å². The van der Waals surface area contributed by atoms with E-state index in [-0.39, 0.29) is 12.0 Å². The highest BCUT2D eigenvalue weighted by Crippen LogP contribution is 2.26. The fraction of sp³-hybridized carbons (Fsp3) is 0.250. The third-order valence-corrected chi connectivity index (χ3v) is 5.72. The summed E-state index contributed by atoms with van der Waals surface area (Å²) in [4.78, 5) is 23.8. The Morgan fingerprint density at radius 1 is 1.12 bits per heavy atom. The van der Waals surface area contributed by atoms with Crippen LogP contribution in [0.5, 0.6) is 5.88 Å². The summed E-state index contributed by atoms with van der Waals surface area (Å²) in [5.74, 6) is 0.221. The second kappa shape index (κ2) is 8.76. The van der Waals surface area contributed by atoms with Crippen molar-refractivity contribution < 1.29 is 9.53 Å². The molecule has 1 aliphatic heterocycles. The van der Waals surface area contributed by atoms with Crippen LogP contribution in [0.1, 0.15) is 23.3 Å². The van der Waals surface area contributed by atoms with Gasteiger partial charge in [-0.05, 0) is 49.7 Å². The topological polar surface area (TPSA) is 96.0 Å². The van der Waals surface area contributed by atoms with Crippen molar-refractivity contribution in [2.24, 2.45) is 0 Å². The quantitative estimate of drug-likeness (QED) is 0.503. The smallest absolute Gasteiger partial charge is 0.276 e. The number of aromatic amines is 1. The van der Waals surface area contributed by atoms with E-state index in [2.05, 4.69) is 37.4 Å². The van der Waals surface area contributed by atoms with Crippen LogP contribution in [0, 0.1) is 0 Å². The van der Waals surface area contributed by atoms with E-state index in [1.807, 2.05) is 30.3 Å². The molecule has 5 rings (SSSR count). The van der Waals surface area contributed by atoms with E-state index in [1.165, 1.54) is 0 Å². The van der Waals surface area contributed by atoms with Crippen LogP contribution in [0.4, 0.5) is 5.69 Å². The standard InChI is InChI=1S/C24H24N6O2/c1-30-11-7-19(8-12-30)32-22-14-18(6-10-26-22)27-24(31)23-20-13-16(4-5-21(20)28-29-23)17-3-2-9-25-15-17/h2-6,9-10,13-15,19H,7-8,11-12H2,1H3,(H,28,29)(H,26,27,31). The van der Waals surface area contributed by atoms with E-state index in [0.717, 1.165) is 48.0 Å². The molecule has 8 nitrogen and oxygen atoms in total. The summed E-state index contributed by atoms with van der Waals surface area (Å²) in [5.41, 5.74) is 3.70. The predicted octanol–water partition coefficient (Wildman–Crippen LogP) is 3.75. The molecule has 1 fully saturated rings. The Kier molecular flexibility index (Phi) is 5.51. The molecule has 0 bridgehead atoms. The molecule has 1 aliphatic rings. The van der Waals surface area contributed by atoms with Crippen molar-refractivity contribution in [1.82, 2.24) is 25.1 Å². The van der Waals surface area contributed by atoms with Crippen LogP contribution in [0.3, 0.4) is 0 Å². The maximum Gasteiger partial charge on any atom is 0.276 e. The SMILES string of the molecule is CN1CCC(Oc2cc(NC(=O)c3n[nH]c4ccc(-c5cccnc5)cc34)ccn2)CC1. The number of piperidine rings is 1. The Morgan fingerprint density at radius 2 is 2.00 bits per heavy atom. The van der Waals surface area contributed by atoms with E-state index in [0.29, 0.717) is 17.3 Å². The van der Waals surface area contributed by atoms with Crippen LogP contribution in [0.2, 0.25) is 0 Å². The number of nitrogens with one attached hydrogen (secondary N) is 2. The molecule has 162 valence electrons.